The summed E-state index contributed by atoms with van der Waals surface area (Å²) in [5.74, 6) is 0. The third-order valence-electron chi connectivity index (χ3n) is 3.32. The van der Waals surface area contributed by atoms with Crippen LogP contribution in [0.1, 0.15) is 11.4 Å². The molecule has 0 aliphatic rings. The summed E-state index contributed by atoms with van der Waals surface area (Å²) in [7, 11) is 1.90. The van der Waals surface area contributed by atoms with Crippen molar-refractivity contribution in [2.45, 2.75) is 13.5 Å². The van der Waals surface area contributed by atoms with Gasteiger partial charge in [-0.2, -0.15) is 5.10 Å². The zero-order chi connectivity index (χ0) is 13.6. The van der Waals surface area contributed by atoms with E-state index in [4.69, 9.17) is 23.2 Å². The fourth-order valence-corrected chi connectivity index (χ4v) is 2.87. The lowest BCUT2D eigenvalue weighted by atomic mass is 10.2. The molecule has 0 atom stereocenters. The number of hydrogen-bond acceptors (Lipinski definition) is 1. The van der Waals surface area contributed by atoms with Crippen molar-refractivity contribution in [3.05, 3.63) is 51.9 Å². The Morgan fingerprint density at radius 1 is 1.21 bits per heavy atom. The van der Waals surface area contributed by atoms with Gasteiger partial charge in [-0.1, -0.05) is 35.3 Å². The predicted octanol–water partition coefficient (Wildman–Crippen LogP) is 4.04. The quantitative estimate of drug-likeness (QED) is 0.699. The van der Waals surface area contributed by atoms with Gasteiger partial charge in [0.2, 0.25) is 0 Å². The minimum absolute atomic E-state index is 0.656. The molecule has 3 nitrogen and oxygen atoms in total. The van der Waals surface area contributed by atoms with Crippen LogP contribution in [-0.2, 0) is 13.6 Å². The molecular weight excluding hydrogens is 281 g/mol. The second kappa shape index (κ2) is 4.58. The van der Waals surface area contributed by atoms with Gasteiger partial charge in [0.25, 0.3) is 0 Å². The largest absolute Gasteiger partial charge is 0.340 e. The highest BCUT2D eigenvalue weighted by molar-refractivity contribution is 6.35. The van der Waals surface area contributed by atoms with Crippen molar-refractivity contribution in [2.24, 2.45) is 7.05 Å². The lowest BCUT2D eigenvalue weighted by molar-refractivity contribution is 0.673. The molecule has 0 amide bonds. The van der Waals surface area contributed by atoms with Crippen LogP contribution in [0.2, 0.25) is 10.0 Å². The summed E-state index contributed by atoms with van der Waals surface area (Å²) in [6.07, 6.45) is 2.02. The van der Waals surface area contributed by atoms with Crippen molar-refractivity contribution in [1.82, 2.24) is 14.3 Å². The lowest BCUT2D eigenvalue weighted by Crippen LogP contribution is -2.05. The van der Waals surface area contributed by atoms with Gasteiger partial charge in [0.15, 0.2) is 0 Å². The molecule has 0 saturated heterocycles. The number of para-hydroxylation sites is 1. The highest BCUT2D eigenvalue weighted by Crippen LogP contribution is 2.27. The fourth-order valence-electron chi connectivity index (χ4n) is 2.36. The van der Waals surface area contributed by atoms with E-state index in [2.05, 4.69) is 15.7 Å². The average Bonchev–Trinajstić information content (AvgIpc) is 2.88. The first-order valence-corrected chi connectivity index (χ1v) is 6.75. The van der Waals surface area contributed by atoms with Crippen molar-refractivity contribution in [3.8, 4) is 0 Å². The number of benzene rings is 1. The van der Waals surface area contributed by atoms with E-state index in [1.807, 2.05) is 43.0 Å². The van der Waals surface area contributed by atoms with Crippen LogP contribution >= 0.6 is 23.2 Å². The fraction of sp³-hybridized carbons (Fsp3) is 0.214. The van der Waals surface area contributed by atoms with Crippen LogP contribution < -0.4 is 0 Å². The summed E-state index contributed by atoms with van der Waals surface area (Å²) in [5.41, 5.74) is 2.86. The third-order valence-corrected chi connectivity index (χ3v) is 4.12. The molecule has 19 heavy (non-hydrogen) atoms. The van der Waals surface area contributed by atoms with Crippen molar-refractivity contribution in [3.63, 3.8) is 0 Å². The Balaban J connectivity index is 2.11. The topological polar surface area (TPSA) is 22.8 Å². The van der Waals surface area contributed by atoms with Gasteiger partial charge < -0.3 is 4.57 Å². The molecule has 0 aliphatic carbocycles. The summed E-state index contributed by atoms with van der Waals surface area (Å²) in [5, 5.41) is 6.93. The Morgan fingerprint density at radius 3 is 2.68 bits per heavy atom. The van der Waals surface area contributed by atoms with Gasteiger partial charge >= 0.3 is 0 Å². The molecule has 0 spiro atoms. The maximum atomic E-state index is 6.29. The number of hydrogen-bond donors (Lipinski definition) is 0. The molecule has 0 bridgehead atoms. The Kier molecular flexibility index (Phi) is 3.03. The van der Waals surface area contributed by atoms with E-state index < -0.39 is 0 Å². The molecule has 3 rings (SSSR count). The summed E-state index contributed by atoms with van der Waals surface area (Å²) in [6.45, 7) is 2.57. The minimum Gasteiger partial charge on any atom is -0.340 e. The Morgan fingerprint density at radius 2 is 2.00 bits per heavy atom. The molecule has 0 aliphatic heterocycles. The van der Waals surface area contributed by atoms with Gasteiger partial charge in [0.1, 0.15) is 0 Å². The standard InChI is InChI=1S/C14H13Cl2N3/c1-9-13(16)12(18(2)17-9)8-19-7-6-10-4-3-5-11(15)14(10)19/h3-7H,8H2,1-2H3. The van der Waals surface area contributed by atoms with E-state index in [0.29, 0.717) is 6.54 Å². The maximum Gasteiger partial charge on any atom is 0.0865 e. The van der Waals surface area contributed by atoms with E-state index in [0.717, 1.165) is 32.3 Å². The molecule has 1 aromatic carbocycles. The van der Waals surface area contributed by atoms with Crippen LogP contribution in [0.5, 0.6) is 0 Å². The average molecular weight is 294 g/mol. The Hall–Kier alpha value is -1.45. The summed E-state index contributed by atoms with van der Waals surface area (Å²) in [4.78, 5) is 0. The predicted molar refractivity (Wildman–Crippen MR) is 79.0 cm³/mol. The first-order chi connectivity index (χ1) is 9.08. The van der Waals surface area contributed by atoms with Crippen LogP contribution in [0.3, 0.4) is 0 Å². The molecule has 0 unspecified atom stereocenters. The molecule has 3 aromatic rings. The molecule has 5 heteroatoms. The first kappa shape index (κ1) is 12.6. The van der Waals surface area contributed by atoms with Crippen molar-refractivity contribution >= 4 is 34.1 Å². The zero-order valence-corrected chi connectivity index (χ0v) is 12.2. The van der Waals surface area contributed by atoms with Crippen LogP contribution in [-0.4, -0.2) is 14.3 Å². The number of aromatic nitrogens is 3. The molecule has 0 radical (unpaired) electrons. The van der Waals surface area contributed by atoms with Gasteiger partial charge in [0, 0.05) is 18.6 Å². The van der Waals surface area contributed by atoms with Crippen molar-refractivity contribution in [2.75, 3.05) is 0 Å². The second-order valence-electron chi connectivity index (χ2n) is 4.59. The van der Waals surface area contributed by atoms with Gasteiger partial charge in [-0.25, -0.2) is 0 Å². The number of fused-ring (bicyclic) bond motifs is 1. The smallest absolute Gasteiger partial charge is 0.0865 e. The van der Waals surface area contributed by atoms with Crippen LogP contribution in [0.15, 0.2) is 30.5 Å². The third kappa shape index (κ3) is 2.03. The zero-order valence-electron chi connectivity index (χ0n) is 10.7. The summed E-state index contributed by atoms with van der Waals surface area (Å²) >= 11 is 12.6. The van der Waals surface area contributed by atoms with Crippen LogP contribution in [0.4, 0.5) is 0 Å². The molecular formula is C14H13Cl2N3. The molecule has 98 valence electrons. The molecule has 0 saturated carbocycles. The van der Waals surface area contributed by atoms with Gasteiger partial charge in [-0.05, 0) is 19.1 Å². The monoisotopic (exact) mass is 293 g/mol. The van der Waals surface area contributed by atoms with Crippen LogP contribution in [0.25, 0.3) is 10.9 Å². The Bertz CT molecular complexity index is 755. The number of aryl methyl sites for hydroxylation is 2. The van der Waals surface area contributed by atoms with Gasteiger partial charge in [-0.15, -0.1) is 0 Å². The normalized spacial score (nSPS) is 11.4. The highest BCUT2D eigenvalue weighted by Gasteiger charge is 2.13. The molecule has 0 N–H and O–H groups in total. The van der Waals surface area contributed by atoms with Gasteiger partial charge in [-0.3, -0.25) is 4.68 Å². The van der Waals surface area contributed by atoms with E-state index in [1.54, 1.807) is 0 Å². The second-order valence-corrected chi connectivity index (χ2v) is 5.38. The van der Waals surface area contributed by atoms with E-state index in [-0.39, 0.29) is 0 Å². The number of halogens is 2. The van der Waals surface area contributed by atoms with Crippen molar-refractivity contribution < 1.29 is 0 Å². The van der Waals surface area contributed by atoms with Crippen LogP contribution in [0, 0.1) is 6.92 Å². The van der Waals surface area contributed by atoms with E-state index in [9.17, 15) is 0 Å². The highest BCUT2D eigenvalue weighted by atomic mass is 35.5. The Labute approximate surface area is 121 Å². The SMILES string of the molecule is Cc1nn(C)c(Cn2ccc3cccc(Cl)c32)c1Cl. The molecule has 0 fully saturated rings. The molecule has 2 heterocycles. The number of nitrogens with zero attached hydrogens (tertiary/aromatic N) is 3. The maximum absolute atomic E-state index is 6.29. The lowest BCUT2D eigenvalue weighted by Gasteiger charge is -2.08. The summed E-state index contributed by atoms with van der Waals surface area (Å²) in [6, 6.07) is 7.96. The minimum atomic E-state index is 0.656. The summed E-state index contributed by atoms with van der Waals surface area (Å²) < 4.78 is 3.92. The van der Waals surface area contributed by atoms with E-state index >= 15 is 0 Å². The van der Waals surface area contributed by atoms with E-state index in [1.165, 1.54) is 0 Å². The van der Waals surface area contributed by atoms with Gasteiger partial charge in [0.05, 0.1) is 33.5 Å². The van der Waals surface area contributed by atoms with Crippen molar-refractivity contribution in [1.29, 1.82) is 0 Å². The molecule has 2 aromatic heterocycles. The number of rotatable bonds is 2. The first-order valence-electron chi connectivity index (χ1n) is 5.99.